The van der Waals surface area contributed by atoms with E-state index < -0.39 is 12.3 Å². The van der Waals surface area contributed by atoms with Gasteiger partial charge >= 0.3 is 6.43 Å². The maximum absolute atomic E-state index is 13.0. The van der Waals surface area contributed by atoms with E-state index in [0.717, 1.165) is 16.8 Å². The highest BCUT2D eigenvalue weighted by Gasteiger charge is 2.31. The van der Waals surface area contributed by atoms with Crippen molar-refractivity contribution >= 4 is 11.6 Å². The molecule has 0 aliphatic carbocycles. The summed E-state index contributed by atoms with van der Waals surface area (Å²) in [6.07, 6.45) is 2.73. The fraction of sp³-hybridized carbons (Fsp3) is 0.200. The zero-order valence-electron chi connectivity index (χ0n) is 15.9. The molecule has 0 radical (unpaired) electrons. The van der Waals surface area contributed by atoms with E-state index >= 15 is 0 Å². The number of pyridine rings is 1. The first kappa shape index (κ1) is 18.4. The van der Waals surface area contributed by atoms with Crippen LogP contribution in [0.25, 0.3) is 17.1 Å². The van der Waals surface area contributed by atoms with Crippen molar-refractivity contribution in [2.24, 2.45) is 0 Å². The number of imidazole rings is 1. The summed E-state index contributed by atoms with van der Waals surface area (Å²) in [5.74, 6) is -0.957. The minimum Gasteiger partial charge on any atom is -0.415 e. The van der Waals surface area contributed by atoms with Gasteiger partial charge in [0.05, 0.1) is 6.54 Å². The van der Waals surface area contributed by atoms with Crippen LogP contribution in [0.1, 0.15) is 33.8 Å². The number of nitrogens with zero attached hydrogens (tertiary/aromatic N) is 6. The minimum absolute atomic E-state index is 0.0404. The first-order valence-corrected chi connectivity index (χ1v) is 9.19. The van der Waals surface area contributed by atoms with Gasteiger partial charge in [-0.2, -0.15) is 8.78 Å². The number of carbonyl (C=O) groups is 1. The van der Waals surface area contributed by atoms with E-state index in [1.807, 2.05) is 41.0 Å². The van der Waals surface area contributed by atoms with E-state index in [4.69, 9.17) is 4.42 Å². The number of carbonyl (C=O) groups excluding carboxylic acids is 1. The number of fused-ring (bicyclic) bond motifs is 2. The van der Waals surface area contributed by atoms with Crippen LogP contribution in [0.3, 0.4) is 0 Å². The van der Waals surface area contributed by atoms with Crippen LogP contribution in [-0.4, -0.2) is 42.6 Å². The summed E-state index contributed by atoms with van der Waals surface area (Å²) >= 11 is 0. The molecule has 10 heteroatoms. The number of amides is 1. The van der Waals surface area contributed by atoms with Crippen LogP contribution >= 0.6 is 0 Å². The fourth-order valence-electron chi connectivity index (χ4n) is 3.54. The highest BCUT2D eigenvalue weighted by Crippen LogP contribution is 2.30. The molecule has 5 rings (SSSR count). The van der Waals surface area contributed by atoms with Crippen LogP contribution < -0.4 is 0 Å². The molecule has 4 aromatic rings. The first-order chi connectivity index (χ1) is 14.5. The predicted octanol–water partition coefficient (Wildman–Crippen LogP) is 3.32. The molecule has 1 amide bonds. The lowest BCUT2D eigenvalue weighted by molar-refractivity contribution is 0.00266. The van der Waals surface area contributed by atoms with Gasteiger partial charge < -0.3 is 8.82 Å². The SMILES string of the molecule is CN(Cc1ccc2nccn2c1)N1Cc2ccc(-c3nnc(C(F)F)o3)cc2C1=O. The molecular formula is C20H16F2N6O2. The Hall–Kier alpha value is -3.66. The standard InChI is InChI=1S/C20H16F2N6O2/c1-26(9-12-2-5-16-23-6-7-27(16)10-12)28-11-14-4-3-13(8-15(14)20(28)29)18-24-25-19(30-18)17(21)22/h2-8,10,17H,9,11H2,1H3. The zero-order chi connectivity index (χ0) is 20.8. The second-order valence-corrected chi connectivity index (χ2v) is 7.03. The molecule has 1 aliphatic rings. The number of rotatable bonds is 5. The van der Waals surface area contributed by atoms with E-state index in [-0.39, 0.29) is 11.8 Å². The Morgan fingerprint density at radius 1 is 1.23 bits per heavy atom. The molecule has 3 aromatic heterocycles. The highest BCUT2D eigenvalue weighted by molar-refractivity contribution is 5.99. The number of benzene rings is 1. The van der Waals surface area contributed by atoms with Gasteiger partial charge in [0, 0.05) is 43.3 Å². The maximum Gasteiger partial charge on any atom is 0.314 e. The van der Waals surface area contributed by atoms with Crippen molar-refractivity contribution in [2.45, 2.75) is 19.5 Å². The lowest BCUT2D eigenvalue weighted by Crippen LogP contribution is -2.39. The summed E-state index contributed by atoms with van der Waals surface area (Å²) in [7, 11) is 1.84. The van der Waals surface area contributed by atoms with E-state index in [1.54, 1.807) is 29.4 Å². The summed E-state index contributed by atoms with van der Waals surface area (Å²) in [5, 5.41) is 10.5. The van der Waals surface area contributed by atoms with E-state index in [1.165, 1.54) is 0 Å². The van der Waals surface area contributed by atoms with Crippen LogP contribution in [0.2, 0.25) is 0 Å². The van der Waals surface area contributed by atoms with Crippen LogP contribution in [0.5, 0.6) is 0 Å². The van der Waals surface area contributed by atoms with Crippen molar-refractivity contribution in [1.29, 1.82) is 0 Å². The Morgan fingerprint density at radius 3 is 2.90 bits per heavy atom. The molecule has 0 unspecified atom stereocenters. The maximum atomic E-state index is 13.0. The number of aromatic nitrogens is 4. The fourth-order valence-corrected chi connectivity index (χ4v) is 3.54. The van der Waals surface area contributed by atoms with Crippen LogP contribution in [-0.2, 0) is 13.1 Å². The molecule has 1 aliphatic heterocycles. The Labute approximate surface area is 169 Å². The average Bonchev–Trinajstić information content (AvgIpc) is 3.46. The third-order valence-corrected chi connectivity index (χ3v) is 5.04. The van der Waals surface area contributed by atoms with Gasteiger partial charge in [0.2, 0.25) is 5.89 Å². The third-order valence-electron chi connectivity index (χ3n) is 5.04. The average molecular weight is 410 g/mol. The van der Waals surface area contributed by atoms with Crippen molar-refractivity contribution in [3.8, 4) is 11.5 Å². The number of hydrazine groups is 1. The molecule has 0 bridgehead atoms. The van der Waals surface area contributed by atoms with Gasteiger partial charge in [-0.25, -0.2) is 9.99 Å². The van der Waals surface area contributed by atoms with Crippen molar-refractivity contribution in [1.82, 2.24) is 29.6 Å². The van der Waals surface area contributed by atoms with Gasteiger partial charge in [-0.15, -0.1) is 10.2 Å². The van der Waals surface area contributed by atoms with Crippen molar-refractivity contribution in [2.75, 3.05) is 7.05 Å². The molecule has 8 nitrogen and oxygen atoms in total. The van der Waals surface area contributed by atoms with Gasteiger partial charge in [-0.1, -0.05) is 12.1 Å². The summed E-state index contributed by atoms with van der Waals surface area (Å²) in [5.41, 5.74) is 3.64. The molecule has 152 valence electrons. The monoisotopic (exact) mass is 410 g/mol. The topological polar surface area (TPSA) is 79.8 Å². The van der Waals surface area contributed by atoms with Crippen LogP contribution in [0.15, 0.2) is 53.3 Å². The Morgan fingerprint density at radius 2 is 2.10 bits per heavy atom. The lowest BCUT2D eigenvalue weighted by atomic mass is 10.1. The second kappa shape index (κ2) is 6.99. The normalized spacial score (nSPS) is 13.8. The predicted molar refractivity (Wildman–Crippen MR) is 101 cm³/mol. The molecule has 0 saturated heterocycles. The van der Waals surface area contributed by atoms with Crippen LogP contribution in [0.4, 0.5) is 8.78 Å². The second-order valence-electron chi connectivity index (χ2n) is 7.03. The van der Waals surface area contributed by atoms with Crippen molar-refractivity contribution < 1.29 is 18.0 Å². The van der Waals surface area contributed by atoms with Gasteiger partial charge in [-0.3, -0.25) is 9.80 Å². The van der Waals surface area contributed by atoms with Gasteiger partial charge in [0.25, 0.3) is 11.8 Å². The molecule has 0 spiro atoms. The first-order valence-electron chi connectivity index (χ1n) is 9.19. The molecule has 0 atom stereocenters. The molecule has 0 saturated carbocycles. The number of halogens is 2. The van der Waals surface area contributed by atoms with E-state index in [0.29, 0.717) is 24.2 Å². The van der Waals surface area contributed by atoms with Crippen LogP contribution in [0, 0.1) is 0 Å². The number of hydrogen-bond donors (Lipinski definition) is 0. The molecule has 0 N–H and O–H groups in total. The zero-order valence-corrected chi connectivity index (χ0v) is 15.9. The molecule has 4 heterocycles. The minimum atomic E-state index is -2.84. The van der Waals surface area contributed by atoms with Crippen molar-refractivity contribution in [3.05, 3.63) is 71.5 Å². The Kier molecular flexibility index (Phi) is 4.28. The summed E-state index contributed by atoms with van der Waals surface area (Å²) in [6, 6.07) is 8.96. The lowest BCUT2D eigenvalue weighted by Gasteiger charge is -2.27. The summed E-state index contributed by atoms with van der Waals surface area (Å²) < 4.78 is 32.3. The van der Waals surface area contributed by atoms with Crippen molar-refractivity contribution in [3.63, 3.8) is 0 Å². The third kappa shape index (κ3) is 3.11. The van der Waals surface area contributed by atoms with Gasteiger partial charge in [0.15, 0.2) is 0 Å². The molecular weight excluding hydrogens is 394 g/mol. The van der Waals surface area contributed by atoms with E-state index in [9.17, 15) is 13.6 Å². The number of alkyl halides is 2. The van der Waals surface area contributed by atoms with Gasteiger partial charge in [0.1, 0.15) is 5.65 Å². The van der Waals surface area contributed by atoms with Gasteiger partial charge in [-0.05, 0) is 29.3 Å². The summed E-state index contributed by atoms with van der Waals surface area (Å²) in [6.45, 7) is 0.951. The summed E-state index contributed by atoms with van der Waals surface area (Å²) in [4.78, 5) is 17.2. The number of hydrogen-bond acceptors (Lipinski definition) is 6. The molecule has 1 aromatic carbocycles. The smallest absolute Gasteiger partial charge is 0.314 e. The highest BCUT2D eigenvalue weighted by atomic mass is 19.3. The largest absolute Gasteiger partial charge is 0.415 e. The Bertz CT molecular complexity index is 1250. The quantitative estimate of drug-likeness (QED) is 0.502. The Balaban J connectivity index is 1.36. The molecule has 0 fully saturated rings. The van der Waals surface area contributed by atoms with E-state index in [2.05, 4.69) is 15.2 Å². The molecule has 30 heavy (non-hydrogen) atoms.